The van der Waals surface area contributed by atoms with Gasteiger partial charge in [-0.05, 0) is 18.4 Å². The molecule has 122 valence electrons. The van der Waals surface area contributed by atoms with E-state index in [1.807, 2.05) is 42.5 Å². The van der Waals surface area contributed by atoms with Crippen LogP contribution in [0.5, 0.6) is 0 Å². The highest BCUT2D eigenvalue weighted by Crippen LogP contribution is 2.25. The van der Waals surface area contributed by atoms with E-state index in [9.17, 15) is 8.42 Å². The Morgan fingerprint density at radius 2 is 1.95 bits per heavy atom. The summed E-state index contributed by atoms with van der Waals surface area (Å²) in [6.07, 6.45) is 10.6. The second-order valence-electron chi connectivity index (χ2n) is 5.99. The Kier molecular flexibility index (Phi) is 6.65. The van der Waals surface area contributed by atoms with E-state index in [0.29, 0.717) is 12.3 Å². The molecule has 0 aliphatic carbocycles. The molecule has 1 saturated heterocycles. The van der Waals surface area contributed by atoms with Crippen molar-refractivity contribution in [3.05, 3.63) is 42.0 Å². The average molecular weight is 321 g/mol. The van der Waals surface area contributed by atoms with Gasteiger partial charge in [-0.2, -0.15) is 4.31 Å². The minimum Gasteiger partial charge on any atom is -0.212 e. The topological polar surface area (TPSA) is 37.4 Å². The zero-order valence-corrected chi connectivity index (χ0v) is 14.3. The van der Waals surface area contributed by atoms with Gasteiger partial charge in [-0.1, -0.05) is 75.1 Å². The van der Waals surface area contributed by atoms with Crippen molar-refractivity contribution < 1.29 is 8.42 Å². The molecule has 2 rings (SSSR count). The number of nitrogens with zero attached hydrogens (tertiary/aromatic N) is 1. The molecule has 1 aromatic rings. The van der Waals surface area contributed by atoms with Crippen molar-refractivity contribution in [2.45, 2.75) is 51.5 Å². The van der Waals surface area contributed by atoms with Gasteiger partial charge >= 0.3 is 0 Å². The van der Waals surface area contributed by atoms with Gasteiger partial charge in [0.2, 0.25) is 10.0 Å². The van der Waals surface area contributed by atoms with E-state index >= 15 is 0 Å². The Bertz CT molecular complexity index is 566. The number of unbranched alkanes of at least 4 members (excludes halogenated alkanes) is 3. The van der Waals surface area contributed by atoms with Crippen molar-refractivity contribution in [1.29, 1.82) is 0 Å². The molecule has 1 fully saturated rings. The Morgan fingerprint density at radius 1 is 1.18 bits per heavy atom. The second-order valence-corrected chi connectivity index (χ2v) is 8.03. The minimum atomic E-state index is -3.05. The first-order valence-electron chi connectivity index (χ1n) is 8.34. The number of benzene rings is 1. The van der Waals surface area contributed by atoms with Crippen LogP contribution in [0.3, 0.4) is 0 Å². The highest BCUT2D eigenvalue weighted by molar-refractivity contribution is 7.89. The van der Waals surface area contributed by atoms with Gasteiger partial charge in [0, 0.05) is 12.6 Å². The second kappa shape index (κ2) is 8.49. The van der Waals surface area contributed by atoms with Crippen LogP contribution >= 0.6 is 0 Å². The molecule has 3 nitrogen and oxygen atoms in total. The number of hydrogen-bond acceptors (Lipinski definition) is 2. The zero-order valence-electron chi connectivity index (χ0n) is 13.4. The molecule has 0 N–H and O–H groups in total. The molecule has 1 heterocycles. The SMILES string of the molecule is CCCCCC[C@H]1CCS(=O)(=O)N1C/C=C/c1ccccc1. The van der Waals surface area contributed by atoms with E-state index in [1.54, 1.807) is 4.31 Å². The summed E-state index contributed by atoms with van der Waals surface area (Å²) >= 11 is 0. The van der Waals surface area contributed by atoms with Crippen LogP contribution in [0.2, 0.25) is 0 Å². The molecule has 0 amide bonds. The predicted molar refractivity (Wildman–Crippen MR) is 93.1 cm³/mol. The van der Waals surface area contributed by atoms with Crippen molar-refractivity contribution in [3.63, 3.8) is 0 Å². The lowest BCUT2D eigenvalue weighted by Crippen LogP contribution is -2.33. The lowest BCUT2D eigenvalue weighted by molar-refractivity contribution is 0.341. The van der Waals surface area contributed by atoms with Crippen LogP contribution < -0.4 is 0 Å². The summed E-state index contributed by atoms with van der Waals surface area (Å²) in [5.74, 6) is 0.310. The number of sulfonamides is 1. The van der Waals surface area contributed by atoms with Crippen molar-refractivity contribution in [3.8, 4) is 0 Å². The highest BCUT2D eigenvalue weighted by Gasteiger charge is 2.35. The third-order valence-electron chi connectivity index (χ3n) is 4.26. The first kappa shape index (κ1) is 17.2. The Morgan fingerprint density at radius 3 is 2.68 bits per heavy atom. The summed E-state index contributed by atoms with van der Waals surface area (Å²) in [7, 11) is -3.05. The lowest BCUT2D eigenvalue weighted by atomic mass is 10.1. The molecule has 4 heteroatoms. The van der Waals surface area contributed by atoms with Crippen molar-refractivity contribution in [1.82, 2.24) is 4.31 Å². The van der Waals surface area contributed by atoms with Gasteiger partial charge in [0.05, 0.1) is 5.75 Å². The monoisotopic (exact) mass is 321 g/mol. The first-order chi connectivity index (χ1) is 10.6. The molecular formula is C18H27NO2S. The van der Waals surface area contributed by atoms with Gasteiger partial charge in [-0.15, -0.1) is 0 Å². The zero-order chi connectivity index (χ0) is 15.8. The van der Waals surface area contributed by atoms with Crippen LogP contribution in [-0.4, -0.2) is 31.1 Å². The van der Waals surface area contributed by atoms with E-state index in [0.717, 1.165) is 24.8 Å². The van der Waals surface area contributed by atoms with Crippen LogP contribution in [-0.2, 0) is 10.0 Å². The van der Waals surface area contributed by atoms with Crippen LogP contribution in [0.4, 0.5) is 0 Å². The van der Waals surface area contributed by atoms with Gasteiger partial charge in [-0.3, -0.25) is 0 Å². The molecule has 0 aromatic heterocycles. The molecule has 22 heavy (non-hydrogen) atoms. The fourth-order valence-corrected chi connectivity index (χ4v) is 4.77. The quantitative estimate of drug-likeness (QED) is 0.677. The summed E-state index contributed by atoms with van der Waals surface area (Å²) < 4.78 is 26.1. The first-order valence-corrected chi connectivity index (χ1v) is 9.95. The molecule has 0 bridgehead atoms. The molecule has 0 unspecified atom stereocenters. The Labute approximate surface area is 135 Å². The fourth-order valence-electron chi connectivity index (χ4n) is 2.99. The standard InChI is InChI=1S/C18H27NO2S/c1-2-3-4-8-13-18-14-16-22(20,21)19(18)15-9-12-17-10-6-5-7-11-17/h5-7,9-12,18H,2-4,8,13-16H2,1H3/b12-9+/t18-/m0/s1. The van der Waals surface area contributed by atoms with E-state index < -0.39 is 10.0 Å². The van der Waals surface area contributed by atoms with Crippen LogP contribution in [0, 0.1) is 0 Å². The smallest absolute Gasteiger partial charge is 0.212 e. The summed E-state index contributed by atoms with van der Waals surface area (Å²) in [6.45, 7) is 2.69. The van der Waals surface area contributed by atoms with Gasteiger partial charge in [0.25, 0.3) is 0 Å². The predicted octanol–water partition coefficient (Wildman–Crippen LogP) is 4.07. The van der Waals surface area contributed by atoms with E-state index in [-0.39, 0.29) is 6.04 Å². The van der Waals surface area contributed by atoms with Crippen molar-refractivity contribution >= 4 is 16.1 Å². The Hall–Kier alpha value is -1.13. The van der Waals surface area contributed by atoms with Gasteiger partial charge in [-0.25, -0.2) is 8.42 Å². The fraction of sp³-hybridized carbons (Fsp3) is 0.556. The molecule has 1 aliphatic rings. The van der Waals surface area contributed by atoms with Gasteiger partial charge < -0.3 is 0 Å². The summed E-state index contributed by atoms with van der Waals surface area (Å²) in [6, 6.07) is 10.2. The average Bonchev–Trinajstić information content (AvgIpc) is 2.80. The third kappa shape index (κ3) is 4.96. The van der Waals surface area contributed by atoms with E-state index in [2.05, 4.69) is 6.92 Å². The lowest BCUT2D eigenvalue weighted by Gasteiger charge is -2.21. The van der Waals surface area contributed by atoms with E-state index in [4.69, 9.17) is 0 Å². The largest absolute Gasteiger partial charge is 0.214 e. The number of hydrogen-bond donors (Lipinski definition) is 0. The van der Waals surface area contributed by atoms with Gasteiger partial charge in [0.1, 0.15) is 0 Å². The summed E-state index contributed by atoms with van der Waals surface area (Å²) in [5, 5.41) is 0. The normalized spacial score (nSPS) is 21.6. The van der Waals surface area contributed by atoms with Crippen LogP contribution in [0.1, 0.15) is 51.0 Å². The molecule has 0 radical (unpaired) electrons. The van der Waals surface area contributed by atoms with Crippen LogP contribution in [0.15, 0.2) is 36.4 Å². The molecule has 0 saturated carbocycles. The van der Waals surface area contributed by atoms with Crippen molar-refractivity contribution in [2.24, 2.45) is 0 Å². The molecule has 0 spiro atoms. The van der Waals surface area contributed by atoms with Crippen LogP contribution in [0.25, 0.3) is 6.08 Å². The maximum absolute atomic E-state index is 12.2. The maximum atomic E-state index is 12.2. The minimum absolute atomic E-state index is 0.197. The maximum Gasteiger partial charge on any atom is 0.214 e. The molecule has 1 aromatic carbocycles. The van der Waals surface area contributed by atoms with Gasteiger partial charge in [0.15, 0.2) is 0 Å². The summed E-state index contributed by atoms with van der Waals surface area (Å²) in [4.78, 5) is 0. The molecule has 1 atom stereocenters. The van der Waals surface area contributed by atoms with E-state index in [1.165, 1.54) is 19.3 Å². The highest BCUT2D eigenvalue weighted by atomic mass is 32.2. The number of rotatable bonds is 8. The summed E-state index contributed by atoms with van der Waals surface area (Å²) in [5.41, 5.74) is 1.11. The Balaban J connectivity index is 1.91. The van der Waals surface area contributed by atoms with Crippen molar-refractivity contribution in [2.75, 3.05) is 12.3 Å². The third-order valence-corrected chi connectivity index (χ3v) is 6.17. The molecular weight excluding hydrogens is 294 g/mol. The molecule has 1 aliphatic heterocycles.